The molecular weight excluding hydrogens is 253 g/mol. The average molecular weight is 263 g/mol. The van der Waals surface area contributed by atoms with Crippen molar-refractivity contribution < 1.29 is 14.3 Å². The van der Waals surface area contributed by atoms with E-state index < -0.39 is 11.8 Å². The molecule has 92 valence electrons. The Kier molecular flexibility index (Phi) is 3.94. The molecule has 2 rings (SSSR count). The molecule has 0 fully saturated rings. The van der Waals surface area contributed by atoms with Crippen LogP contribution in [0.5, 0.6) is 0 Å². The van der Waals surface area contributed by atoms with Crippen LogP contribution in [0.2, 0.25) is 0 Å². The number of thioether (sulfide) groups is 1. The molecule has 0 amide bonds. The zero-order chi connectivity index (χ0) is 13.0. The summed E-state index contributed by atoms with van der Waals surface area (Å²) in [6.07, 6.45) is 3.34. The van der Waals surface area contributed by atoms with E-state index in [1.54, 1.807) is 12.4 Å². The maximum absolute atomic E-state index is 13.0. The first-order chi connectivity index (χ1) is 8.66. The minimum absolute atomic E-state index is 0.0107. The van der Waals surface area contributed by atoms with Crippen LogP contribution < -0.4 is 0 Å². The van der Waals surface area contributed by atoms with Crippen LogP contribution in [0.3, 0.4) is 0 Å². The molecule has 0 unspecified atom stereocenters. The van der Waals surface area contributed by atoms with Crippen LogP contribution in [0, 0.1) is 5.82 Å². The second-order valence-corrected chi connectivity index (χ2v) is 4.63. The van der Waals surface area contributed by atoms with Crippen LogP contribution >= 0.6 is 11.8 Å². The third kappa shape index (κ3) is 3.07. The SMILES string of the molecule is O=C(O)c1cc(F)ccc1CSc1ccncc1. The second-order valence-electron chi connectivity index (χ2n) is 3.58. The zero-order valence-electron chi connectivity index (χ0n) is 9.34. The Morgan fingerprint density at radius 1 is 1.28 bits per heavy atom. The fraction of sp³-hybridized carbons (Fsp3) is 0.0769. The first-order valence-corrected chi connectivity index (χ1v) is 6.20. The minimum atomic E-state index is -1.11. The van der Waals surface area contributed by atoms with Crippen molar-refractivity contribution in [1.29, 1.82) is 0 Å². The molecule has 0 aliphatic rings. The fourth-order valence-corrected chi connectivity index (χ4v) is 2.36. The molecule has 1 aromatic carbocycles. The lowest BCUT2D eigenvalue weighted by molar-refractivity contribution is 0.0695. The maximum atomic E-state index is 13.0. The lowest BCUT2D eigenvalue weighted by Gasteiger charge is -2.06. The third-order valence-electron chi connectivity index (χ3n) is 2.35. The Bertz CT molecular complexity index is 560. The van der Waals surface area contributed by atoms with E-state index in [2.05, 4.69) is 4.98 Å². The summed E-state index contributed by atoms with van der Waals surface area (Å²) in [6, 6.07) is 7.51. The first kappa shape index (κ1) is 12.6. The molecule has 1 aromatic heterocycles. The van der Waals surface area contributed by atoms with Gasteiger partial charge < -0.3 is 5.11 Å². The van der Waals surface area contributed by atoms with Crippen molar-refractivity contribution in [2.45, 2.75) is 10.6 Å². The first-order valence-electron chi connectivity index (χ1n) is 5.21. The zero-order valence-corrected chi connectivity index (χ0v) is 10.2. The summed E-state index contributed by atoms with van der Waals surface area (Å²) in [5.74, 6) is -1.17. The normalized spacial score (nSPS) is 10.3. The largest absolute Gasteiger partial charge is 0.478 e. The van der Waals surface area contributed by atoms with Gasteiger partial charge in [0.2, 0.25) is 0 Å². The molecule has 0 saturated carbocycles. The number of halogens is 1. The van der Waals surface area contributed by atoms with Crippen molar-refractivity contribution in [3.63, 3.8) is 0 Å². The predicted molar refractivity (Wildman–Crippen MR) is 67.2 cm³/mol. The number of aromatic carboxylic acids is 1. The number of nitrogens with zero attached hydrogens (tertiary/aromatic N) is 1. The van der Waals surface area contributed by atoms with Gasteiger partial charge in [0.1, 0.15) is 5.82 Å². The molecule has 0 saturated heterocycles. The molecular formula is C13H10FNO2S. The van der Waals surface area contributed by atoms with Gasteiger partial charge in [0.15, 0.2) is 0 Å². The molecule has 0 spiro atoms. The number of rotatable bonds is 4. The second kappa shape index (κ2) is 5.64. The van der Waals surface area contributed by atoms with Crippen LogP contribution in [0.4, 0.5) is 4.39 Å². The highest BCUT2D eigenvalue weighted by molar-refractivity contribution is 7.98. The van der Waals surface area contributed by atoms with Gasteiger partial charge in [-0.3, -0.25) is 4.98 Å². The van der Waals surface area contributed by atoms with Gasteiger partial charge in [0.25, 0.3) is 0 Å². The highest BCUT2D eigenvalue weighted by Gasteiger charge is 2.11. The summed E-state index contributed by atoms with van der Waals surface area (Å²) in [5.41, 5.74) is 0.613. The molecule has 0 aliphatic heterocycles. The Morgan fingerprint density at radius 2 is 2.00 bits per heavy atom. The summed E-state index contributed by atoms with van der Waals surface area (Å²) in [5, 5.41) is 9.00. The van der Waals surface area contributed by atoms with Gasteiger partial charge >= 0.3 is 5.97 Å². The third-order valence-corrected chi connectivity index (χ3v) is 3.41. The smallest absolute Gasteiger partial charge is 0.336 e. The van der Waals surface area contributed by atoms with Gasteiger partial charge in [-0.15, -0.1) is 11.8 Å². The minimum Gasteiger partial charge on any atom is -0.478 e. The molecule has 18 heavy (non-hydrogen) atoms. The molecule has 2 aromatic rings. The number of pyridine rings is 1. The van der Waals surface area contributed by atoms with E-state index >= 15 is 0 Å². The summed E-state index contributed by atoms with van der Waals surface area (Å²) in [7, 11) is 0. The Morgan fingerprint density at radius 3 is 2.67 bits per heavy atom. The predicted octanol–water partition coefficient (Wildman–Crippen LogP) is 3.21. The van der Waals surface area contributed by atoms with E-state index in [1.165, 1.54) is 23.9 Å². The molecule has 0 atom stereocenters. The molecule has 0 bridgehead atoms. The molecule has 5 heteroatoms. The number of aromatic nitrogens is 1. The van der Waals surface area contributed by atoms with Crippen molar-refractivity contribution in [1.82, 2.24) is 4.98 Å². The van der Waals surface area contributed by atoms with Crippen molar-refractivity contribution in [2.24, 2.45) is 0 Å². The van der Waals surface area contributed by atoms with Crippen LogP contribution in [0.25, 0.3) is 0 Å². The number of carboxylic acid groups (broad SMARTS) is 1. The fourth-order valence-electron chi connectivity index (χ4n) is 1.47. The number of hydrogen-bond donors (Lipinski definition) is 1. The quantitative estimate of drug-likeness (QED) is 0.860. The van der Waals surface area contributed by atoms with Gasteiger partial charge in [-0.2, -0.15) is 0 Å². The van der Waals surface area contributed by atoms with Crippen LogP contribution in [-0.2, 0) is 5.75 Å². The van der Waals surface area contributed by atoms with Crippen LogP contribution in [0.15, 0.2) is 47.6 Å². The molecule has 1 N–H and O–H groups in total. The molecule has 1 heterocycles. The monoisotopic (exact) mass is 263 g/mol. The van der Waals surface area contributed by atoms with E-state index in [0.29, 0.717) is 11.3 Å². The maximum Gasteiger partial charge on any atom is 0.336 e. The van der Waals surface area contributed by atoms with E-state index in [4.69, 9.17) is 5.11 Å². The molecule has 0 aliphatic carbocycles. The van der Waals surface area contributed by atoms with E-state index in [9.17, 15) is 9.18 Å². The Hall–Kier alpha value is -1.88. The highest BCUT2D eigenvalue weighted by atomic mass is 32.2. The van der Waals surface area contributed by atoms with Crippen molar-refractivity contribution >= 4 is 17.7 Å². The van der Waals surface area contributed by atoms with E-state index in [1.807, 2.05) is 12.1 Å². The number of benzene rings is 1. The van der Waals surface area contributed by atoms with Crippen LogP contribution in [-0.4, -0.2) is 16.1 Å². The van der Waals surface area contributed by atoms with E-state index in [-0.39, 0.29) is 5.56 Å². The molecule has 0 radical (unpaired) electrons. The topological polar surface area (TPSA) is 50.2 Å². The number of carboxylic acids is 1. The summed E-state index contributed by atoms with van der Waals surface area (Å²) in [4.78, 5) is 15.9. The summed E-state index contributed by atoms with van der Waals surface area (Å²) >= 11 is 1.49. The Labute approximate surface area is 108 Å². The van der Waals surface area contributed by atoms with Gasteiger partial charge in [-0.25, -0.2) is 9.18 Å². The van der Waals surface area contributed by atoms with Gasteiger partial charge in [0.05, 0.1) is 5.56 Å². The summed E-state index contributed by atoms with van der Waals surface area (Å²) in [6.45, 7) is 0. The number of hydrogen-bond acceptors (Lipinski definition) is 3. The lowest BCUT2D eigenvalue weighted by atomic mass is 10.1. The van der Waals surface area contributed by atoms with Crippen LogP contribution in [0.1, 0.15) is 15.9 Å². The number of carbonyl (C=O) groups is 1. The standard InChI is InChI=1S/C13H10FNO2S/c14-10-2-1-9(12(7-10)13(16)17)8-18-11-3-5-15-6-4-11/h1-7H,8H2,(H,16,17). The van der Waals surface area contributed by atoms with E-state index in [0.717, 1.165) is 11.0 Å². The molecule has 3 nitrogen and oxygen atoms in total. The Balaban J connectivity index is 2.17. The lowest BCUT2D eigenvalue weighted by Crippen LogP contribution is -2.02. The van der Waals surface area contributed by atoms with Gasteiger partial charge in [0, 0.05) is 23.0 Å². The van der Waals surface area contributed by atoms with Crippen molar-refractivity contribution in [2.75, 3.05) is 0 Å². The average Bonchev–Trinajstić information content (AvgIpc) is 2.38. The highest BCUT2D eigenvalue weighted by Crippen LogP contribution is 2.24. The summed E-state index contributed by atoms with van der Waals surface area (Å²) < 4.78 is 13.0. The van der Waals surface area contributed by atoms with Crippen molar-refractivity contribution in [3.05, 3.63) is 59.7 Å². The van der Waals surface area contributed by atoms with Gasteiger partial charge in [-0.05, 0) is 29.8 Å². The van der Waals surface area contributed by atoms with Crippen molar-refractivity contribution in [3.8, 4) is 0 Å². The van der Waals surface area contributed by atoms with Gasteiger partial charge in [-0.1, -0.05) is 6.07 Å².